The van der Waals surface area contributed by atoms with Gasteiger partial charge in [0.2, 0.25) is 5.91 Å². The van der Waals surface area contributed by atoms with Crippen LogP contribution >= 0.6 is 11.8 Å². The van der Waals surface area contributed by atoms with Crippen LogP contribution in [0.2, 0.25) is 0 Å². The summed E-state index contributed by atoms with van der Waals surface area (Å²) >= 11 is 1.37. The lowest BCUT2D eigenvalue weighted by atomic mass is 10.1. The highest BCUT2D eigenvalue weighted by atomic mass is 32.2. The topological polar surface area (TPSA) is 113 Å². The standard InChI is InChI=1S/C16H19N5O3S/c1-10(22)17-8-9-25-16-14(20-24-21-16)15(19-23)18-13-7-6-11-4-2-3-5-12(11)13/h2-5,13,23H,6-9H2,1H3,(H,17,22)(H,18,19)/t13-/m1/s1. The highest BCUT2D eigenvalue weighted by Crippen LogP contribution is 2.34. The van der Waals surface area contributed by atoms with E-state index in [9.17, 15) is 10.0 Å². The van der Waals surface area contributed by atoms with Gasteiger partial charge in [0.25, 0.3) is 0 Å². The van der Waals surface area contributed by atoms with Crippen molar-refractivity contribution in [3.8, 4) is 0 Å². The van der Waals surface area contributed by atoms with Crippen LogP contribution in [-0.2, 0) is 11.2 Å². The molecular formula is C16H19N5O3S. The fraction of sp³-hybridized carbons (Fsp3) is 0.375. The number of carbonyl (C=O) groups is 1. The summed E-state index contributed by atoms with van der Waals surface area (Å²) in [5, 5.41) is 20.4. The van der Waals surface area contributed by atoms with E-state index in [1.54, 1.807) is 0 Å². The Balaban J connectivity index is 1.74. The molecule has 0 aliphatic heterocycles. The van der Waals surface area contributed by atoms with Crippen LogP contribution in [0.3, 0.4) is 0 Å². The Bertz CT molecular complexity index is 777. The predicted octanol–water partition coefficient (Wildman–Crippen LogP) is 1.71. The van der Waals surface area contributed by atoms with Crippen LogP contribution in [0.15, 0.2) is 38.9 Å². The molecule has 1 heterocycles. The minimum atomic E-state index is -0.0849. The van der Waals surface area contributed by atoms with Gasteiger partial charge >= 0.3 is 0 Å². The Morgan fingerprint density at radius 2 is 2.28 bits per heavy atom. The molecule has 0 spiro atoms. The maximum Gasteiger partial charge on any atom is 0.216 e. The zero-order valence-electron chi connectivity index (χ0n) is 13.7. The lowest BCUT2D eigenvalue weighted by molar-refractivity contribution is -0.118. The molecule has 3 rings (SSSR count). The average Bonchev–Trinajstić information content (AvgIpc) is 3.23. The predicted molar refractivity (Wildman–Crippen MR) is 92.7 cm³/mol. The van der Waals surface area contributed by atoms with E-state index in [0.29, 0.717) is 23.0 Å². The van der Waals surface area contributed by atoms with Crippen molar-refractivity contribution in [1.29, 1.82) is 0 Å². The Kier molecular flexibility index (Phi) is 5.67. The first-order chi connectivity index (χ1) is 12.2. The van der Waals surface area contributed by atoms with Gasteiger partial charge in [-0.1, -0.05) is 36.0 Å². The van der Waals surface area contributed by atoms with Crippen molar-refractivity contribution in [2.45, 2.75) is 30.8 Å². The smallest absolute Gasteiger partial charge is 0.216 e. The number of hydrogen-bond donors (Lipinski definition) is 3. The van der Waals surface area contributed by atoms with Gasteiger partial charge in [0, 0.05) is 19.2 Å². The molecule has 0 saturated heterocycles. The third kappa shape index (κ3) is 4.18. The van der Waals surface area contributed by atoms with E-state index in [4.69, 9.17) is 4.63 Å². The van der Waals surface area contributed by atoms with Gasteiger partial charge in [-0.3, -0.25) is 20.5 Å². The fourth-order valence-electron chi connectivity index (χ4n) is 2.76. The SMILES string of the molecule is CC(=O)NCCSc1nonc1C(=N[C@@H]1CCc2ccccc21)NO. The number of hydrogen-bond acceptors (Lipinski definition) is 7. The second kappa shape index (κ2) is 8.13. The van der Waals surface area contributed by atoms with E-state index < -0.39 is 0 Å². The number of aromatic nitrogens is 2. The molecule has 1 aliphatic carbocycles. The maximum atomic E-state index is 10.9. The van der Waals surface area contributed by atoms with Gasteiger partial charge in [-0.2, -0.15) is 0 Å². The number of hydroxylamine groups is 1. The van der Waals surface area contributed by atoms with Gasteiger partial charge in [0.1, 0.15) is 0 Å². The molecule has 1 aromatic carbocycles. The van der Waals surface area contributed by atoms with Gasteiger partial charge in [-0.15, -0.1) is 0 Å². The molecular weight excluding hydrogens is 342 g/mol. The minimum absolute atomic E-state index is 0.0419. The first kappa shape index (κ1) is 17.4. The molecule has 0 unspecified atom stereocenters. The number of amidine groups is 1. The molecule has 2 aromatic rings. The first-order valence-corrected chi connectivity index (χ1v) is 8.93. The van der Waals surface area contributed by atoms with E-state index in [-0.39, 0.29) is 17.8 Å². The van der Waals surface area contributed by atoms with Gasteiger partial charge in [0.15, 0.2) is 16.6 Å². The zero-order chi connectivity index (χ0) is 17.6. The Morgan fingerprint density at radius 3 is 3.08 bits per heavy atom. The maximum absolute atomic E-state index is 10.9. The van der Waals surface area contributed by atoms with Crippen LogP contribution in [0.1, 0.15) is 36.2 Å². The van der Waals surface area contributed by atoms with Crippen LogP contribution in [0.4, 0.5) is 0 Å². The van der Waals surface area contributed by atoms with Crippen molar-refractivity contribution in [1.82, 2.24) is 21.1 Å². The molecule has 3 N–H and O–H groups in total. The number of fused-ring (bicyclic) bond motifs is 1. The average molecular weight is 361 g/mol. The number of carbonyl (C=O) groups excluding carboxylic acids is 1. The minimum Gasteiger partial charge on any atom is -0.356 e. The molecule has 8 nitrogen and oxygen atoms in total. The molecule has 0 bridgehead atoms. The quantitative estimate of drug-likeness (QED) is 0.236. The Morgan fingerprint density at radius 1 is 1.44 bits per heavy atom. The number of rotatable bonds is 6. The Labute approximate surface area is 149 Å². The van der Waals surface area contributed by atoms with Gasteiger partial charge in [-0.05, 0) is 34.3 Å². The van der Waals surface area contributed by atoms with Crippen LogP contribution in [0.25, 0.3) is 0 Å². The summed E-state index contributed by atoms with van der Waals surface area (Å²) in [5.41, 5.74) is 4.91. The Hall–Kier alpha value is -2.39. The van der Waals surface area contributed by atoms with Crippen molar-refractivity contribution < 1.29 is 14.6 Å². The molecule has 1 aromatic heterocycles. The number of nitrogens with zero attached hydrogens (tertiary/aromatic N) is 3. The molecule has 0 radical (unpaired) electrons. The second-order valence-electron chi connectivity index (χ2n) is 5.59. The third-order valence-electron chi connectivity index (χ3n) is 3.89. The summed E-state index contributed by atoms with van der Waals surface area (Å²) in [4.78, 5) is 15.5. The van der Waals surface area contributed by atoms with Crippen molar-refractivity contribution in [3.63, 3.8) is 0 Å². The molecule has 25 heavy (non-hydrogen) atoms. The van der Waals surface area contributed by atoms with E-state index in [1.165, 1.54) is 24.2 Å². The van der Waals surface area contributed by atoms with Crippen molar-refractivity contribution >= 4 is 23.5 Å². The van der Waals surface area contributed by atoms with Crippen LogP contribution in [0.5, 0.6) is 0 Å². The number of benzene rings is 1. The molecule has 0 fully saturated rings. The molecule has 9 heteroatoms. The van der Waals surface area contributed by atoms with E-state index in [1.807, 2.05) is 12.1 Å². The van der Waals surface area contributed by atoms with Crippen molar-refractivity contribution in [2.24, 2.45) is 4.99 Å². The van der Waals surface area contributed by atoms with E-state index in [0.717, 1.165) is 18.4 Å². The van der Waals surface area contributed by atoms with Crippen LogP contribution < -0.4 is 10.8 Å². The largest absolute Gasteiger partial charge is 0.356 e. The summed E-state index contributed by atoms with van der Waals surface area (Å²) < 4.78 is 4.80. The summed E-state index contributed by atoms with van der Waals surface area (Å²) in [5.74, 6) is 0.745. The van der Waals surface area contributed by atoms with Crippen LogP contribution in [-0.4, -0.2) is 39.6 Å². The summed E-state index contributed by atoms with van der Waals surface area (Å²) in [6.45, 7) is 1.97. The van der Waals surface area contributed by atoms with E-state index >= 15 is 0 Å². The molecule has 0 saturated carbocycles. The summed E-state index contributed by atoms with van der Waals surface area (Å²) in [6, 6.07) is 8.11. The number of amides is 1. The summed E-state index contributed by atoms with van der Waals surface area (Å²) in [6.07, 6.45) is 1.83. The number of aryl methyl sites for hydroxylation is 1. The molecule has 1 atom stereocenters. The second-order valence-corrected chi connectivity index (χ2v) is 6.68. The molecule has 132 valence electrons. The third-order valence-corrected chi connectivity index (χ3v) is 4.84. The molecule has 1 amide bonds. The lowest BCUT2D eigenvalue weighted by Gasteiger charge is -2.09. The first-order valence-electron chi connectivity index (χ1n) is 7.95. The number of aliphatic imine (C=N–C) groups is 1. The van der Waals surface area contributed by atoms with Gasteiger partial charge < -0.3 is 5.32 Å². The van der Waals surface area contributed by atoms with Crippen LogP contribution in [0, 0.1) is 0 Å². The normalized spacial score (nSPS) is 16.6. The monoisotopic (exact) mass is 361 g/mol. The molecule has 1 aliphatic rings. The number of thioether (sulfide) groups is 1. The highest BCUT2D eigenvalue weighted by molar-refractivity contribution is 7.99. The zero-order valence-corrected chi connectivity index (χ0v) is 14.5. The van der Waals surface area contributed by atoms with Crippen molar-refractivity contribution in [2.75, 3.05) is 12.3 Å². The number of nitrogens with one attached hydrogen (secondary N) is 2. The van der Waals surface area contributed by atoms with Gasteiger partial charge in [-0.25, -0.2) is 4.63 Å². The lowest BCUT2D eigenvalue weighted by Crippen LogP contribution is -2.23. The van der Waals surface area contributed by atoms with Crippen molar-refractivity contribution in [3.05, 3.63) is 41.1 Å². The fourth-order valence-corrected chi connectivity index (χ4v) is 3.52. The summed E-state index contributed by atoms with van der Waals surface area (Å²) in [7, 11) is 0. The highest BCUT2D eigenvalue weighted by Gasteiger charge is 2.24. The van der Waals surface area contributed by atoms with E-state index in [2.05, 4.69) is 38.2 Å². The van der Waals surface area contributed by atoms with Gasteiger partial charge in [0.05, 0.1) is 6.04 Å².